The monoisotopic (exact) mass is 453 g/mol. The van der Waals surface area contributed by atoms with Crippen LogP contribution in [0, 0.1) is 10.1 Å². The van der Waals surface area contributed by atoms with E-state index in [-0.39, 0.29) is 24.6 Å². The van der Waals surface area contributed by atoms with Gasteiger partial charge in [-0.3, -0.25) is 0 Å². The number of nitro groups is 1. The van der Waals surface area contributed by atoms with Crippen molar-refractivity contribution in [1.29, 1.82) is 0 Å². The summed E-state index contributed by atoms with van der Waals surface area (Å²) in [6, 6.07) is 10.9. The molecule has 13 heteroatoms. The van der Waals surface area contributed by atoms with Crippen LogP contribution in [-0.2, 0) is 18.8 Å². The third-order valence-electron chi connectivity index (χ3n) is 4.90. The topological polar surface area (TPSA) is 99.6 Å². The van der Waals surface area contributed by atoms with Crippen LogP contribution in [0.1, 0.15) is 16.8 Å². The van der Waals surface area contributed by atoms with Crippen molar-refractivity contribution in [2.45, 2.75) is 24.9 Å². The highest BCUT2D eigenvalue weighted by molar-refractivity contribution is 6.29. The van der Waals surface area contributed by atoms with Gasteiger partial charge in [-0.15, -0.1) is 10.2 Å². The Morgan fingerprint density at radius 1 is 1.13 bits per heavy atom. The Balaban J connectivity index is 1.54. The van der Waals surface area contributed by atoms with Crippen LogP contribution in [0.5, 0.6) is 0 Å². The van der Waals surface area contributed by atoms with Crippen molar-refractivity contribution >= 4 is 17.6 Å². The van der Waals surface area contributed by atoms with Crippen LogP contribution < -0.4 is 0 Å². The number of aromatic nitrogens is 1. The summed E-state index contributed by atoms with van der Waals surface area (Å²) < 4.78 is 39.9. The molecular weight excluding hydrogens is 439 g/mol. The van der Waals surface area contributed by atoms with E-state index in [0.29, 0.717) is 29.5 Å². The highest BCUT2D eigenvalue weighted by Gasteiger charge is 2.65. The number of benzene rings is 1. The molecule has 1 aromatic heterocycles. The van der Waals surface area contributed by atoms with Gasteiger partial charge in [-0.2, -0.15) is 13.2 Å². The minimum absolute atomic E-state index is 0.0931. The molecule has 0 unspecified atom stereocenters. The van der Waals surface area contributed by atoms with Crippen LogP contribution in [0.15, 0.2) is 57.8 Å². The Bertz CT molecular complexity index is 1070. The fraction of sp³-hybridized carbons (Fsp3) is 0.333. The molecule has 0 amide bonds. The molecule has 2 aliphatic rings. The molecule has 31 heavy (non-hydrogen) atoms. The van der Waals surface area contributed by atoms with Crippen molar-refractivity contribution in [1.82, 2.24) is 14.8 Å². The van der Waals surface area contributed by atoms with Gasteiger partial charge in [-0.25, -0.2) is 15.1 Å². The van der Waals surface area contributed by atoms with Crippen molar-refractivity contribution in [3.05, 3.63) is 74.6 Å². The highest BCUT2D eigenvalue weighted by Crippen LogP contribution is 2.52. The van der Waals surface area contributed by atoms with Crippen molar-refractivity contribution in [2.75, 3.05) is 13.1 Å². The smallest absolute Gasteiger partial charge is 0.331 e. The van der Waals surface area contributed by atoms with Gasteiger partial charge in [-0.1, -0.05) is 35.9 Å². The number of hydrazone groups is 1. The van der Waals surface area contributed by atoms with E-state index in [9.17, 15) is 23.3 Å². The van der Waals surface area contributed by atoms with Gasteiger partial charge in [0.1, 0.15) is 10.3 Å². The molecule has 4 rings (SSSR count). The summed E-state index contributed by atoms with van der Waals surface area (Å²) in [5, 5.41) is 20.5. The van der Waals surface area contributed by atoms with Crippen LogP contribution in [0.25, 0.3) is 0 Å². The molecule has 0 aliphatic carbocycles. The van der Waals surface area contributed by atoms with E-state index in [1.807, 2.05) is 0 Å². The van der Waals surface area contributed by atoms with Gasteiger partial charge in [0.2, 0.25) is 0 Å². The molecule has 0 saturated carbocycles. The number of rotatable bonds is 6. The first kappa shape index (κ1) is 21.0. The number of halogens is 4. The molecule has 1 aromatic carbocycles. The van der Waals surface area contributed by atoms with Gasteiger partial charge < -0.3 is 9.80 Å². The highest BCUT2D eigenvalue weighted by atomic mass is 35.5. The lowest BCUT2D eigenvalue weighted by molar-refractivity contribution is -0.486. The van der Waals surface area contributed by atoms with Crippen LogP contribution in [0.4, 0.5) is 13.2 Å². The third kappa shape index (κ3) is 4.29. The molecule has 0 radical (unpaired) electrons. The lowest BCUT2D eigenvalue weighted by atomic mass is 10.0. The minimum Gasteiger partial charge on any atom is -0.331 e. The van der Waals surface area contributed by atoms with Gasteiger partial charge >= 0.3 is 11.8 Å². The summed E-state index contributed by atoms with van der Waals surface area (Å²) in [6.45, 7) is 1.21. The first-order valence-corrected chi connectivity index (χ1v) is 9.50. The van der Waals surface area contributed by atoms with Crippen molar-refractivity contribution in [2.24, 2.45) is 15.3 Å². The van der Waals surface area contributed by atoms with Gasteiger partial charge in [-0.05, 0) is 23.8 Å². The van der Waals surface area contributed by atoms with Gasteiger partial charge in [0.05, 0.1) is 12.2 Å². The molecule has 0 spiro atoms. The summed E-state index contributed by atoms with van der Waals surface area (Å²) in [5.41, 5.74) is -1.48. The van der Waals surface area contributed by atoms with Crippen LogP contribution in [0.2, 0.25) is 5.15 Å². The van der Waals surface area contributed by atoms with Crippen LogP contribution in [0.3, 0.4) is 0 Å². The predicted molar refractivity (Wildman–Crippen MR) is 104 cm³/mol. The Labute approximate surface area is 179 Å². The number of alkyl halides is 3. The van der Waals surface area contributed by atoms with E-state index < -0.39 is 16.9 Å². The normalized spacial score (nSPS) is 18.6. The molecule has 1 saturated heterocycles. The number of pyridine rings is 1. The quantitative estimate of drug-likeness (QED) is 0.376. The van der Waals surface area contributed by atoms with Crippen LogP contribution >= 0.6 is 11.6 Å². The van der Waals surface area contributed by atoms with Gasteiger partial charge in [0.15, 0.2) is 5.03 Å². The predicted octanol–water partition coefficient (Wildman–Crippen LogP) is 3.78. The maximum atomic E-state index is 13.3. The average Bonchev–Trinajstić information content (AvgIpc) is 3.45. The molecule has 9 nitrogen and oxygen atoms in total. The Morgan fingerprint density at radius 3 is 2.42 bits per heavy atom. The number of nitrogens with zero attached hydrogens (tertiary/aromatic N) is 7. The molecule has 0 atom stereocenters. The molecule has 3 heterocycles. The lowest BCUT2D eigenvalue weighted by Crippen LogP contribution is -2.34. The summed E-state index contributed by atoms with van der Waals surface area (Å²) in [6.07, 6.45) is -4.63. The molecule has 2 aromatic rings. The second-order valence-electron chi connectivity index (χ2n) is 7.00. The standard InChI is InChI=1S/C18H15ClF3N7O2/c19-15-6-2-5-14(23-15)11-28-8-7-27(16(28)24-29(30)31)10-12-3-1-4-13(9-12)17(25-26-17)18(20,21)22/h1-6,9H,7-8,10-11H2/b24-16+. The van der Waals surface area contributed by atoms with E-state index >= 15 is 0 Å². The molecule has 162 valence electrons. The molecule has 0 N–H and O–H groups in total. The summed E-state index contributed by atoms with van der Waals surface area (Å²) in [4.78, 5) is 18.6. The van der Waals surface area contributed by atoms with Crippen molar-refractivity contribution in [3.63, 3.8) is 0 Å². The fourth-order valence-electron chi connectivity index (χ4n) is 3.42. The summed E-state index contributed by atoms with van der Waals surface area (Å²) >= 11 is 5.90. The maximum absolute atomic E-state index is 13.3. The van der Waals surface area contributed by atoms with Gasteiger partial charge in [0, 0.05) is 25.2 Å². The van der Waals surface area contributed by atoms with E-state index in [0.717, 1.165) is 0 Å². The van der Waals surface area contributed by atoms with Gasteiger partial charge in [0.25, 0.3) is 5.96 Å². The van der Waals surface area contributed by atoms with E-state index in [1.54, 1.807) is 34.1 Å². The van der Waals surface area contributed by atoms with Crippen molar-refractivity contribution in [3.8, 4) is 0 Å². The zero-order valence-corrected chi connectivity index (χ0v) is 16.6. The second kappa shape index (κ2) is 7.76. The Hall–Kier alpha value is -3.28. The fourth-order valence-corrected chi connectivity index (χ4v) is 3.61. The molecule has 1 fully saturated rings. The van der Waals surface area contributed by atoms with E-state index in [4.69, 9.17) is 11.6 Å². The molecular formula is C18H15ClF3N7O2. The summed E-state index contributed by atoms with van der Waals surface area (Å²) in [7, 11) is 0. The number of hydrogen-bond acceptors (Lipinski definition) is 5. The Morgan fingerprint density at radius 2 is 1.81 bits per heavy atom. The average molecular weight is 454 g/mol. The van der Waals surface area contributed by atoms with Crippen LogP contribution in [-0.4, -0.2) is 45.0 Å². The molecule has 0 bridgehead atoms. The molecule has 2 aliphatic heterocycles. The second-order valence-corrected chi connectivity index (χ2v) is 7.39. The largest absolute Gasteiger partial charge is 0.442 e. The Kier molecular flexibility index (Phi) is 5.25. The zero-order valence-electron chi connectivity index (χ0n) is 15.8. The first-order valence-electron chi connectivity index (χ1n) is 9.12. The first-order chi connectivity index (χ1) is 14.7. The minimum atomic E-state index is -4.63. The zero-order chi connectivity index (χ0) is 22.2. The number of guanidine groups is 1. The SMILES string of the molecule is O=[N+]([O-])/N=C1\N(Cc2cccc(C3(C(F)(F)F)N=N3)c2)CCN1Cc1cccc(Cl)n1. The summed E-state index contributed by atoms with van der Waals surface area (Å²) in [5.74, 6) is 0.100. The van der Waals surface area contributed by atoms with E-state index in [1.165, 1.54) is 18.2 Å². The van der Waals surface area contributed by atoms with Crippen molar-refractivity contribution < 1.29 is 18.2 Å². The number of hydrogen-bond donors (Lipinski definition) is 0. The third-order valence-corrected chi connectivity index (χ3v) is 5.11. The maximum Gasteiger partial charge on any atom is 0.442 e. The lowest BCUT2D eigenvalue weighted by Gasteiger charge is -2.21. The van der Waals surface area contributed by atoms with E-state index in [2.05, 4.69) is 20.3 Å².